The molecule has 3 nitrogen and oxygen atoms in total. The predicted molar refractivity (Wildman–Crippen MR) is 53.8 cm³/mol. The van der Waals surface area contributed by atoms with E-state index in [1.165, 1.54) is 24.9 Å². The summed E-state index contributed by atoms with van der Waals surface area (Å²) >= 11 is 0. The molecule has 2 rings (SSSR count). The number of hydrogen-bond acceptors (Lipinski definition) is 3. The quantitative estimate of drug-likeness (QED) is 0.566. The van der Waals surface area contributed by atoms with Crippen LogP contribution in [0.15, 0.2) is 24.5 Å². The minimum atomic E-state index is 0. The maximum Gasteiger partial charge on any atom is 1.00 e. The smallest absolute Gasteiger partial charge is 0.512 e. The molecule has 1 atom stereocenters. The van der Waals surface area contributed by atoms with Crippen LogP contribution in [0.2, 0.25) is 0 Å². The van der Waals surface area contributed by atoms with Crippen molar-refractivity contribution in [2.45, 2.75) is 18.9 Å². The summed E-state index contributed by atoms with van der Waals surface area (Å²) in [5, 5.41) is 6.25. The number of pyridine rings is 1. The molecule has 0 aliphatic carbocycles. The van der Waals surface area contributed by atoms with Crippen LogP contribution < -0.4 is 0 Å². The van der Waals surface area contributed by atoms with E-state index in [1.54, 1.807) is 0 Å². The van der Waals surface area contributed by atoms with Crippen LogP contribution >= 0.6 is 0 Å². The molecule has 1 aromatic heterocycles. The van der Waals surface area contributed by atoms with Gasteiger partial charge in [-0.1, -0.05) is 6.07 Å². The molecule has 0 amide bonds. The molecule has 1 aliphatic heterocycles. The molecule has 1 aliphatic rings. The second-order valence-electron chi connectivity index (χ2n) is 3.42. The first-order valence-corrected chi connectivity index (χ1v) is 4.70. The number of likely N-dealkylation sites (tertiary alicyclic amines) is 1. The molecule has 0 unspecified atom stereocenters. The second kappa shape index (κ2) is 7.42. The molecule has 84 valence electrons. The van der Waals surface area contributed by atoms with E-state index in [9.17, 15) is 0 Å². The molecule has 0 radical (unpaired) electrons. The predicted octanol–water partition coefficient (Wildman–Crippen LogP) is 1.94. The Morgan fingerprint density at radius 2 is 2.27 bits per heavy atom. The monoisotopic (exact) mass is 251 g/mol. The molecule has 4 heteroatoms. The van der Waals surface area contributed by atoms with Gasteiger partial charge in [0, 0.05) is 18.4 Å². The first kappa shape index (κ1) is 14.1. The molecule has 1 saturated heterocycles. The SMILES string of the molecule is CN1CCC[C@H]1c1cccnc1.[C-]#N.[Cu+]. The van der Waals surface area contributed by atoms with Crippen LogP contribution in [0.3, 0.4) is 0 Å². The number of rotatable bonds is 1. The molecule has 1 aromatic rings. The van der Waals surface area contributed by atoms with Crippen molar-refractivity contribution in [2.24, 2.45) is 0 Å². The van der Waals surface area contributed by atoms with Gasteiger partial charge >= 0.3 is 17.1 Å². The van der Waals surface area contributed by atoms with Crippen LogP contribution in [0.5, 0.6) is 0 Å². The fraction of sp³-hybridized carbons (Fsp3) is 0.455. The van der Waals surface area contributed by atoms with Gasteiger partial charge in [0.25, 0.3) is 0 Å². The summed E-state index contributed by atoms with van der Waals surface area (Å²) in [6.45, 7) is 5.97. The number of aromatic nitrogens is 1. The fourth-order valence-corrected chi connectivity index (χ4v) is 1.90. The Morgan fingerprint density at radius 3 is 2.73 bits per heavy atom. The standard InChI is InChI=1S/C10H14N2.CN.Cu/c1-12-7-3-5-10(12)9-4-2-6-11-8-9;1-2;/h2,4,6,8,10H,3,5,7H2,1H3;;/q;-1;+1/t10-;;/m0../s1. The van der Waals surface area contributed by atoms with Gasteiger partial charge in [-0.15, -0.1) is 0 Å². The van der Waals surface area contributed by atoms with Crippen molar-refractivity contribution in [3.05, 3.63) is 36.7 Å². The summed E-state index contributed by atoms with van der Waals surface area (Å²) in [6.07, 6.45) is 6.41. The maximum atomic E-state index is 6.25. The zero-order valence-electron chi connectivity index (χ0n) is 8.65. The Balaban J connectivity index is 0.000000617. The van der Waals surface area contributed by atoms with E-state index in [4.69, 9.17) is 11.8 Å². The van der Waals surface area contributed by atoms with E-state index in [1.807, 2.05) is 18.5 Å². The zero-order valence-corrected chi connectivity index (χ0v) is 9.59. The first-order valence-electron chi connectivity index (χ1n) is 4.70. The summed E-state index contributed by atoms with van der Waals surface area (Å²) in [4.78, 5) is 6.54. The van der Waals surface area contributed by atoms with E-state index >= 15 is 0 Å². The van der Waals surface area contributed by atoms with Crippen LogP contribution in [-0.2, 0) is 17.1 Å². The molecule has 0 bridgehead atoms. The average Bonchev–Trinajstić information content (AvgIpc) is 2.69. The van der Waals surface area contributed by atoms with Crippen molar-refractivity contribution in [3.63, 3.8) is 0 Å². The van der Waals surface area contributed by atoms with Crippen molar-refractivity contribution in [1.82, 2.24) is 9.88 Å². The third kappa shape index (κ3) is 3.64. The van der Waals surface area contributed by atoms with Gasteiger partial charge in [-0.3, -0.25) is 9.88 Å². The van der Waals surface area contributed by atoms with Crippen LogP contribution in [0.1, 0.15) is 24.4 Å². The van der Waals surface area contributed by atoms with Crippen LogP contribution in [0, 0.1) is 11.8 Å². The zero-order chi connectivity index (χ0) is 10.4. The summed E-state index contributed by atoms with van der Waals surface area (Å²) in [5.74, 6) is 0. The second-order valence-corrected chi connectivity index (χ2v) is 3.42. The maximum absolute atomic E-state index is 6.25. The Bertz CT molecular complexity index is 286. The van der Waals surface area contributed by atoms with Gasteiger partial charge in [-0.2, -0.15) is 0 Å². The summed E-state index contributed by atoms with van der Waals surface area (Å²) < 4.78 is 0. The summed E-state index contributed by atoms with van der Waals surface area (Å²) in [7, 11) is 2.19. The van der Waals surface area contributed by atoms with Gasteiger partial charge in [0.05, 0.1) is 0 Å². The van der Waals surface area contributed by atoms with Gasteiger partial charge in [-0.05, 0) is 38.1 Å². The van der Waals surface area contributed by atoms with Gasteiger partial charge in [0.15, 0.2) is 0 Å². The van der Waals surface area contributed by atoms with Gasteiger partial charge in [0.1, 0.15) is 0 Å². The minimum absolute atomic E-state index is 0. The topological polar surface area (TPSA) is 39.9 Å². The molecular weight excluding hydrogens is 238 g/mol. The molecule has 0 N–H and O–H groups in total. The average molecular weight is 252 g/mol. The van der Waals surface area contributed by atoms with Crippen LogP contribution in [-0.4, -0.2) is 23.5 Å². The van der Waals surface area contributed by atoms with Crippen molar-refractivity contribution in [1.29, 1.82) is 5.26 Å². The van der Waals surface area contributed by atoms with E-state index in [2.05, 4.69) is 23.0 Å². The van der Waals surface area contributed by atoms with E-state index in [0.717, 1.165) is 0 Å². The molecule has 0 aromatic carbocycles. The molecule has 15 heavy (non-hydrogen) atoms. The Labute approximate surface area is 102 Å². The normalized spacial score (nSPS) is 19.8. The van der Waals surface area contributed by atoms with Crippen molar-refractivity contribution in [2.75, 3.05) is 13.6 Å². The molecule has 0 saturated carbocycles. The Morgan fingerprint density at radius 1 is 1.53 bits per heavy atom. The minimum Gasteiger partial charge on any atom is -0.512 e. The molecule has 1 fully saturated rings. The van der Waals surface area contributed by atoms with Crippen LogP contribution in [0.25, 0.3) is 0 Å². The third-order valence-electron chi connectivity index (χ3n) is 2.59. The van der Waals surface area contributed by atoms with Gasteiger partial charge < -0.3 is 11.8 Å². The fourth-order valence-electron chi connectivity index (χ4n) is 1.90. The molecular formula is C11H14CuN3. The Hall–Kier alpha value is -0.881. The molecule has 0 spiro atoms. The van der Waals surface area contributed by atoms with E-state index in [-0.39, 0.29) is 17.1 Å². The van der Waals surface area contributed by atoms with E-state index < -0.39 is 0 Å². The van der Waals surface area contributed by atoms with Crippen molar-refractivity contribution >= 4 is 0 Å². The van der Waals surface area contributed by atoms with Crippen molar-refractivity contribution in [3.8, 4) is 0 Å². The first-order chi connectivity index (χ1) is 6.88. The van der Waals surface area contributed by atoms with Crippen LogP contribution in [0.4, 0.5) is 0 Å². The largest absolute Gasteiger partial charge is 1.00 e. The Kier molecular flexibility index (Phi) is 6.98. The van der Waals surface area contributed by atoms with Crippen molar-refractivity contribution < 1.29 is 17.1 Å². The van der Waals surface area contributed by atoms with Gasteiger partial charge in [-0.25, -0.2) is 0 Å². The third-order valence-corrected chi connectivity index (χ3v) is 2.59. The van der Waals surface area contributed by atoms with E-state index in [0.29, 0.717) is 6.04 Å². The van der Waals surface area contributed by atoms with Gasteiger partial charge in [0.2, 0.25) is 0 Å². The summed E-state index contributed by atoms with van der Waals surface area (Å²) in [6, 6.07) is 4.79. The number of nitrogens with zero attached hydrogens (tertiary/aromatic N) is 3. The number of hydrogen-bond donors (Lipinski definition) is 0. The summed E-state index contributed by atoms with van der Waals surface area (Å²) in [5.41, 5.74) is 1.36. The molecule has 2 heterocycles.